The molecule has 2 fully saturated rings. The average Bonchev–Trinajstić information content (AvgIpc) is 3.48. The number of aromatic nitrogens is 2. The number of hydrogen-bond acceptors (Lipinski definition) is 9. The SMILES string of the molecule is COc1ccnc(OC)c1S(=O)(=O)Nc1noc2c1CC1(CC1)c1ccc(N3CC(O)C3)cc1-2. The van der Waals surface area contributed by atoms with Crippen LogP contribution in [0.25, 0.3) is 11.3 Å². The number of nitrogens with one attached hydrogen (secondary N) is 1. The number of benzene rings is 1. The molecule has 10 nitrogen and oxygen atoms in total. The van der Waals surface area contributed by atoms with Crippen molar-refractivity contribution in [2.75, 3.05) is 36.9 Å². The van der Waals surface area contributed by atoms with Gasteiger partial charge in [-0.15, -0.1) is 0 Å². The van der Waals surface area contributed by atoms with Crippen molar-refractivity contribution in [2.45, 2.75) is 35.7 Å². The van der Waals surface area contributed by atoms with Crippen LogP contribution in [0.3, 0.4) is 0 Å². The van der Waals surface area contributed by atoms with E-state index in [2.05, 4.69) is 38.0 Å². The Kier molecular flexibility index (Phi) is 4.59. The molecular weight excluding hydrogens is 460 g/mol. The number of anilines is 2. The molecule has 0 atom stereocenters. The Labute approximate surface area is 196 Å². The first-order valence-corrected chi connectivity index (χ1v) is 12.5. The molecule has 0 bridgehead atoms. The van der Waals surface area contributed by atoms with Gasteiger partial charge in [0.2, 0.25) is 5.88 Å². The normalized spacial score (nSPS) is 18.1. The fourth-order valence-corrected chi connectivity index (χ4v) is 6.28. The maximum Gasteiger partial charge on any atom is 0.272 e. The van der Waals surface area contributed by atoms with E-state index in [4.69, 9.17) is 14.0 Å². The van der Waals surface area contributed by atoms with Crippen LogP contribution >= 0.6 is 0 Å². The number of ether oxygens (including phenoxy) is 2. The summed E-state index contributed by atoms with van der Waals surface area (Å²) in [6, 6.07) is 7.72. The van der Waals surface area contributed by atoms with Crippen molar-refractivity contribution in [3.8, 4) is 23.0 Å². The quantitative estimate of drug-likeness (QED) is 0.542. The molecule has 2 aliphatic carbocycles. The van der Waals surface area contributed by atoms with E-state index in [9.17, 15) is 13.5 Å². The number of methoxy groups -OCH3 is 2. The van der Waals surface area contributed by atoms with Crippen LogP contribution in [-0.2, 0) is 21.9 Å². The number of nitrogens with zero attached hydrogens (tertiary/aromatic N) is 3. The lowest BCUT2D eigenvalue weighted by atomic mass is 9.79. The third-order valence-corrected chi connectivity index (χ3v) is 8.33. The van der Waals surface area contributed by atoms with E-state index in [1.807, 2.05) is 0 Å². The second-order valence-corrected chi connectivity index (χ2v) is 10.7. The Morgan fingerprint density at radius 2 is 2.00 bits per heavy atom. The van der Waals surface area contributed by atoms with Crippen LogP contribution < -0.4 is 19.1 Å². The van der Waals surface area contributed by atoms with Gasteiger partial charge in [0.05, 0.1) is 20.3 Å². The maximum absolute atomic E-state index is 13.4. The molecule has 6 rings (SSSR count). The smallest absolute Gasteiger partial charge is 0.272 e. The number of β-amino-alcohol motifs (C(OH)–C–C–N with tert-alkyl or cyclic N) is 1. The number of aliphatic hydroxyl groups excluding tert-OH is 1. The van der Waals surface area contributed by atoms with E-state index in [-0.39, 0.29) is 33.9 Å². The lowest BCUT2D eigenvalue weighted by Gasteiger charge is -2.38. The monoisotopic (exact) mass is 484 g/mol. The number of sulfonamides is 1. The van der Waals surface area contributed by atoms with Crippen LogP contribution in [0.2, 0.25) is 0 Å². The number of pyridine rings is 1. The predicted octanol–water partition coefficient (Wildman–Crippen LogP) is 2.32. The molecule has 3 aliphatic rings. The van der Waals surface area contributed by atoms with Gasteiger partial charge in [-0.1, -0.05) is 11.2 Å². The Balaban J connectivity index is 1.41. The van der Waals surface area contributed by atoms with Crippen molar-refractivity contribution in [2.24, 2.45) is 0 Å². The molecule has 0 radical (unpaired) electrons. The van der Waals surface area contributed by atoms with Gasteiger partial charge < -0.3 is 24.0 Å². The average molecular weight is 485 g/mol. The molecule has 2 aromatic heterocycles. The van der Waals surface area contributed by atoms with Crippen molar-refractivity contribution < 1.29 is 27.5 Å². The van der Waals surface area contributed by atoms with Crippen molar-refractivity contribution in [3.63, 3.8) is 0 Å². The Bertz CT molecular complexity index is 1370. The first-order valence-electron chi connectivity index (χ1n) is 11.0. The zero-order valence-electron chi connectivity index (χ0n) is 18.7. The lowest BCUT2D eigenvalue weighted by molar-refractivity contribution is 0.142. The third kappa shape index (κ3) is 3.14. The molecule has 3 heterocycles. The largest absolute Gasteiger partial charge is 0.495 e. The highest BCUT2D eigenvalue weighted by atomic mass is 32.2. The van der Waals surface area contributed by atoms with E-state index in [1.165, 1.54) is 32.0 Å². The molecular formula is C23H24N4O6S. The van der Waals surface area contributed by atoms with Crippen LogP contribution in [0.15, 0.2) is 39.9 Å². The number of aliphatic hydroxyl groups is 1. The zero-order chi connectivity index (χ0) is 23.7. The summed E-state index contributed by atoms with van der Waals surface area (Å²) < 4.78 is 45.4. The van der Waals surface area contributed by atoms with Crippen LogP contribution in [0.5, 0.6) is 11.6 Å². The molecule has 1 aliphatic heterocycles. The summed E-state index contributed by atoms with van der Waals surface area (Å²) in [5.74, 6) is 0.764. The van der Waals surface area contributed by atoms with Gasteiger partial charge in [-0.05, 0) is 37.0 Å². The molecule has 1 spiro atoms. The fraction of sp³-hybridized carbons (Fsp3) is 0.391. The third-order valence-electron chi connectivity index (χ3n) is 6.95. The molecule has 11 heteroatoms. The minimum absolute atomic E-state index is 0.0370. The van der Waals surface area contributed by atoms with E-state index in [0.29, 0.717) is 25.3 Å². The first-order chi connectivity index (χ1) is 16.3. The molecule has 3 aromatic rings. The van der Waals surface area contributed by atoms with Crippen LogP contribution in [0.4, 0.5) is 11.5 Å². The van der Waals surface area contributed by atoms with E-state index in [0.717, 1.165) is 29.7 Å². The summed E-state index contributed by atoms with van der Waals surface area (Å²) >= 11 is 0. The maximum atomic E-state index is 13.4. The first kappa shape index (κ1) is 21.2. The predicted molar refractivity (Wildman–Crippen MR) is 123 cm³/mol. The molecule has 0 amide bonds. The van der Waals surface area contributed by atoms with E-state index < -0.39 is 10.0 Å². The van der Waals surface area contributed by atoms with Crippen LogP contribution in [0, 0.1) is 0 Å². The highest BCUT2D eigenvalue weighted by Gasteiger charge is 2.51. The number of rotatable bonds is 6. The minimum atomic E-state index is -4.14. The van der Waals surface area contributed by atoms with E-state index >= 15 is 0 Å². The second kappa shape index (κ2) is 7.34. The van der Waals surface area contributed by atoms with Crippen LogP contribution in [-0.4, -0.2) is 57.1 Å². The summed E-state index contributed by atoms with van der Waals surface area (Å²) in [6.45, 7) is 1.18. The number of fused-ring (bicyclic) bond motifs is 4. The summed E-state index contributed by atoms with van der Waals surface area (Å²) in [5, 5.41) is 13.8. The van der Waals surface area contributed by atoms with Crippen molar-refractivity contribution >= 4 is 21.5 Å². The zero-order valence-corrected chi connectivity index (χ0v) is 19.6. The summed E-state index contributed by atoms with van der Waals surface area (Å²) in [7, 11) is -1.41. The van der Waals surface area contributed by atoms with E-state index in [1.54, 1.807) is 0 Å². The molecule has 1 saturated carbocycles. The van der Waals surface area contributed by atoms with Crippen molar-refractivity contribution in [1.29, 1.82) is 0 Å². The summed E-state index contributed by atoms with van der Waals surface area (Å²) in [5.41, 5.74) is 3.82. The van der Waals surface area contributed by atoms with Gasteiger partial charge in [0.25, 0.3) is 10.0 Å². The minimum Gasteiger partial charge on any atom is -0.495 e. The summed E-state index contributed by atoms with van der Waals surface area (Å²) in [4.78, 5) is 5.90. The summed E-state index contributed by atoms with van der Waals surface area (Å²) in [6.07, 6.45) is 3.77. The Morgan fingerprint density at radius 1 is 1.21 bits per heavy atom. The van der Waals surface area contributed by atoms with Gasteiger partial charge in [0, 0.05) is 47.6 Å². The molecule has 1 aromatic carbocycles. The second-order valence-electron chi connectivity index (χ2n) is 9.04. The van der Waals surface area contributed by atoms with Gasteiger partial charge in [-0.3, -0.25) is 4.72 Å². The molecule has 34 heavy (non-hydrogen) atoms. The van der Waals surface area contributed by atoms with Gasteiger partial charge in [0.1, 0.15) is 5.75 Å². The van der Waals surface area contributed by atoms with Gasteiger partial charge in [0.15, 0.2) is 16.5 Å². The van der Waals surface area contributed by atoms with Gasteiger partial charge >= 0.3 is 0 Å². The van der Waals surface area contributed by atoms with Gasteiger partial charge in [-0.25, -0.2) is 13.4 Å². The Hall–Kier alpha value is -3.31. The molecule has 2 N–H and O–H groups in total. The van der Waals surface area contributed by atoms with Crippen molar-refractivity contribution in [1.82, 2.24) is 10.1 Å². The number of hydrogen-bond donors (Lipinski definition) is 2. The standard InChI is InChI=1S/C23H24N4O6S/c1-31-18-5-8-24-22(32-2)20(18)34(29,30)26-21-16-10-23(6-7-23)17-4-3-13(27-11-14(28)12-27)9-15(17)19(16)33-25-21/h3-5,8-9,14,28H,6-7,10-12H2,1-2H3,(H,25,26). The topological polar surface area (TPSA) is 127 Å². The van der Waals surface area contributed by atoms with Crippen LogP contribution in [0.1, 0.15) is 24.0 Å². The highest BCUT2D eigenvalue weighted by molar-refractivity contribution is 7.93. The molecule has 1 saturated heterocycles. The van der Waals surface area contributed by atoms with Gasteiger partial charge in [-0.2, -0.15) is 0 Å². The Morgan fingerprint density at radius 3 is 2.68 bits per heavy atom. The highest BCUT2D eigenvalue weighted by Crippen LogP contribution is 2.59. The molecule has 0 unspecified atom stereocenters. The molecule has 178 valence electrons. The lowest BCUT2D eigenvalue weighted by Crippen LogP contribution is -2.50. The van der Waals surface area contributed by atoms with Crippen molar-refractivity contribution in [3.05, 3.63) is 41.6 Å². The fourth-order valence-electron chi connectivity index (χ4n) is 4.99.